The first-order valence-electron chi connectivity index (χ1n) is 14.4. The average Bonchev–Trinajstić information content (AvgIpc) is 3.92. The molecule has 0 aliphatic rings. The zero-order valence-electron chi connectivity index (χ0n) is 23.4. The monoisotopic (exact) mass is 687 g/mol. The van der Waals surface area contributed by atoms with Crippen LogP contribution in [0.1, 0.15) is 0 Å². The summed E-state index contributed by atoms with van der Waals surface area (Å²) in [6.45, 7) is 0. The molecular formula is C36H21N3S6. The third kappa shape index (κ3) is 3.89. The summed E-state index contributed by atoms with van der Waals surface area (Å²) in [5, 5.41) is 10.6. The average molecular weight is 688 g/mol. The van der Waals surface area contributed by atoms with Crippen molar-refractivity contribution in [3.63, 3.8) is 0 Å². The maximum Gasteiger partial charge on any atom is 0.121 e. The van der Waals surface area contributed by atoms with Gasteiger partial charge in [0.15, 0.2) is 0 Å². The molecule has 0 aliphatic carbocycles. The van der Waals surface area contributed by atoms with Gasteiger partial charge in [-0.3, -0.25) is 13.7 Å². The van der Waals surface area contributed by atoms with E-state index in [1.165, 1.54) is 76.3 Å². The molecule has 0 fully saturated rings. The van der Waals surface area contributed by atoms with Gasteiger partial charge in [-0.15, -0.1) is 34.0 Å². The first kappa shape index (κ1) is 26.3. The zero-order chi connectivity index (χ0) is 29.5. The standard InChI is InChI=1S/C36H21N3S6/c1-4-10-22(11-5-1)37-31-25-16-19-40-28(25)34(43-31)38(23-12-6-2-7-13-23)33-27-18-21-42-30(27)36(45-33)39(24-14-8-3-9-15-24)35-29-26(17-20-41-29)32(37)44-35/h1-21H. The molecule has 0 aliphatic heterocycles. The van der Waals surface area contributed by atoms with Crippen LogP contribution in [0, 0.1) is 0 Å². The smallest absolute Gasteiger partial charge is 0.121 e. The van der Waals surface area contributed by atoms with Crippen molar-refractivity contribution < 1.29 is 0 Å². The van der Waals surface area contributed by atoms with Crippen LogP contribution in [0.15, 0.2) is 125 Å². The molecule has 0 saturated carbocycles. The third-order valence-corrected chi connectivity index (χ3v) is 14.8. The minimum absolute atomic E-state index is 1.17. The summed E-state index contributed by atoms with van der Waals surface area (Å²) in [5.74, 6) is 0. The summed E-state index contributed by atoms with van der Waals surface area (Å²) >= 11 is 11.2. The van der Waals surface area contributed by atoms with E-state index in [1.54, 1.807) is 0 Å². The Balaban J connectivity index is 1.59. The molecular weight excluding hydrogens is 667 g/mol. The van der Waals surface area contributed by atoms with Gasteiger partial charge in [-0.05, 0) is 70.7 Å². The lowest BCUT2D eigenvalue weighted by molar-refractivity contribution is 1.20. The molecule has 10 rings (SSSR count). The van der Waals surface area contributed by atoms with Crippen molar-refractivity contribution in [3.05, 3.63) is 125 Å². The molecule has 216 valence electrons. The summed E-state index contributed by atoms with van der Waals surface area (Å²) in [4.78, 5) is 7.53. The van der Waals surface area contributed by atoms with Crippen LogP contribution in [0.5, 0.6) is 0 Å². The van der Waals surface area contributed by atoms with Crippen molar-refractivity contribution in [2.45, 2.75) is 0 Å². The highest BCUT2D eigenvalue weighted by atomic mass is 32.1. The van der Waals surface area contributed by atoms with Crippen LogP contribution < -0.4 is 0 Å². The molecule has 7 heterocycles. The third-order valence-electron chi connectivity index (χ3n) is 8.11. The lowest BCUT2D eigenvalue weighted by Crippen LogP contribution is -1.94. The van der Waals surface area contributed by atoms with Gasteiger partial charge in [0, 0.05) is 33.2 Å². The normalized spacial score (nSPS) is 12.0. The number of thiophene rings is 6. The van der Waals surface area contributed by atoms with Crippen LogP contribution in [-0.2, 0) is 0 Å². The number of para-hydroxylation sites is 3. The van der Waals surface area contributed by atoms with Crippen molar-refractivity contribution in [2.24, 2.45) is 0 Å². The fourth-order valence-electron chi connectivity index (χ4n) is 6.16. The molecule has 0 atom stereocenters. The summed E-state index contributed by atoms with van der Waals surface area (Å²) in [7, 11) is 0. The van der Waals surface area contributed by atoms with Crippen molar-refractivity contribution in [1.82, 2.24) is 13.7 Å². The van der Waals surface area contributed by atoms with E-state index in [4.69, 9.17) is 0 Å². The van der Waals surface area contributed by atoms with E-state index < -0.39 is 0 Å². The number of rotatable bonds is 3. The van der Waals surface area contributed by atoms with E-state index in [0.29, 0.717) is 0 Å². The van der Waals surface area contributed by atoms with Crippen LogP contribution in [0.2, 0.25) is 0 Å². The predicted molar refractivity (Wildman–Crippen MR) is 203 cm³/mol. The highest BCUT2D eigenvalue weighted by molar-refractivity contribution is 7.34. The fraction of sp³-hybridized carbons (Fsp3) is 0. The Morgan fingerprint density at radius 1 is 0.311 bits per heavy atom. The summed E-state index contributed by atoms with van der Waals surface area (Å²) < 4.78 is 11.5. The second kappa shape index (κ2) is 10.3. The molecule has 3 aromatic carbocycles. The van der Waals surface area contributed by atoms with E-state index in [2.05, 4.69) is 139 Å². The molecule has 0 saturated heterocycles. The van der Waals surface area contributed by atoms with E-state index in [1.807, 2.05) is 68.0 Å². The SMILES string of the molecule is c1ccc(-n2c3sc(c4sccc43)n(-c3ccccc3)c3sc(c4sccc43)n(-c3ccccc3)c3sc2c2ccsc23)cc1. The molecule has 6 bridgehead atoms. The maximum absolute atomic E-state index is 2.52. The molecule has 10 aromatic rings. The second-order valence-electron chi connectivity index (χ2n) is 10.6. The van der Waals surface area contributed by atoms with E-state index >= 15 is 0 Å². The largest absolute Gasteiger partial charge is 0.292 e. The fourth-order valence-corrected chi connectivity index (χ4v) is 13.5. The van der Waals surface area contributed by atoms with Crippen LogP contribution in [0.25, 0.3) is 76.3 Å². The molecule has 0 unspecified atom stereocenters. The van der Waals surface area contributed by atoms with Gasteiger partial charge in [0.1, 0.15) is 29.0 Å². The molecule has 0 radical (unpaired) electrons. The zero-order valence-corrected chi connectivity index (χ0v) is 28.3. The summed E-state index contributed by atoms with van der Waals surface area (Å²) in [6.07, 6.45) is 0. The predicted octanol–water partition coefficient (Wildman–Crippen LogP) is 13.0. The van der Waals surface area contributed by atoms with Crippen LogP contribution >= 0.6 is 68.0 Å². The number of hydrogen-bond acceptors (Lipinski definition) is 6. The van der Waals surface area contributed by atoms with Gasteiger partial charge in [-0.25, -0.2) is 0 Å². The molecule has 3 nitrogen and oxygen atoms in total. The van der Waals surface area contributed by atoms with Crippen molar-refractivity contribution in [3.8, 4) is 17.1 Å². The van der Waals surface area contributed by atoms with E-state index in [-0.39, 0.29) is 0 Å². The Labute approximate surface area is 281 Å². The van der Waals surface area contributed by atoms with Gasteiger partial charge in [0.2, 0.25) is 0 Å². The molecule has 7 aromatic heterocycles. The maximum atomic E-state index is 2.52. The van der Waals surface area contributed by atoms with Gasteiger partial charge in [-0.1, -0.05) is 88.6 Å². The van der Waals surface area contributed by atoms with Crippen LogP contribution in [0.4, 0.5) is 0 Å². The number of hydrogen-bond donors (Lipinski definition) is 0. The van der Waals surface area contributed by atoms with E-state index in [9.17, 15) is 0 Å². The highest BCUT2D eigenvalue weighted by Crippen LogP contribution is 2.47. The highest BCUT2D eigenvalue weighted by Gasteiger charge is 2.21. The van der Waals surface area contributed by atoms with E-state index in [0.717, 1.165) is 0 Å². The van der Waals surface area contributed by atoms with Crippen molar-refractivity contribution >= 4 is 127 Å². The number of nitrogens with zero attached hydrogens (tertiary/aromatic N) is 3. The molecule has 9 heteroatoms. The first-order valence-corrected chi connectivity index (χ1v) is 19.5. The van der Waals surface area contributed by atoms with Gasteiger partial charge >= 0.3 is 0 Å². The topological polar surface area (TPSA) is 14.8 Å². The summed E-state index contributed by atoms with van der Waals surface area (Å²) in [6, 6.07) is 39.6. The van der Waals surface area contributed by atoms with Crippen LogP contribution in [-0.4, -0.2) is 13.7 Å². The van der Waals surface area contributed by atoms with Gasteiger partial charge in [0.05, 0.1) is 14.1 Å². The molecule has 0 amide bonds. The Morgan fingerprint density at radius 3 is 0.933 bits per heavy atom. The molecule has 45 heavy (non-hydrogen) atoms. The lowest BCUT2D eigenvalue weighted by atomic mass is 10.3. The van der Waals surface area contributed by atoms with Crippen molar-refractivity contribution in [1.29, 1.82) is 0 Å². The van der Waals surface area contributed by atoms with Crippen molar-refractivity contribution in [2.75, 3.05) is 0 Å². The number of benzene rings is 3. The quantitative estimate of drug-likeness (QED) is 0.176. The molecule has 0 spiro atoms. The Morgan fingerprint density at radius 2 is 0.600 bits per heavy atom. The first-order chi connectivity index (χ1) is 22.3. The Hall–Kier alpha value is -3.96. The Bertz CT molecular complexity index is 2330. The number of aromatic nitrogens is 3. The Kier molecular flexibility index (Phi) is 6.00. The minimum atomic E-state index is 1.17. The second-order valence-corrected chi connectivity index (χ2v) is 16.3. The lowest BCUT2D eigenvalue weighted by Gasteiger charge is -2.10. The van der Waals surface area contributed by atoms with Gasteiger partial charge in [0.25, 0.3) is 0 Å². The van der Waals surface area contributed by atoms with Gasteiger partial charge in [-0.2, -0.15) is 0 Å². The minimum Gasteiger partial charge on any atom is -0.292 e. The summed E-state index contributed by atoms with van der Waals surface area (Å²) in [5.41, 5.74) is 3.52. The van der Waals surface area contributed by atoms with Crippen LogP contribution in [0.3, 0.4) is 0 Å². The molecule has 0 N–H and O–H groups in total. The van der Waals surface area contributed by atoms with Gasteiger partial charge < -0.3 is 0 Å².